The van der Waals surface area contributed by atoms with Crippen molar-refractivity contribution >= 4 is 38.1 Å². The molecule has 4 aromatic rings. The van der Waals surface area contributed by atoms with Gasteiger partial charge >= 0.3 is 0 Å². The third-order valence-electron chi connectivity index (χ3n) is 8.44. The largest absolute Gasteiger partial charge is 0.368 e. The topological polar surface area (TPSA) is 73.0 Å². The van der Waals surface area contributed by atoms with Gasteiger partial charge in [0.25, 0.3) is 5.91 Å². The second-order valence-electron chi connectivity index (χ2n) is 11.3. The Hall–Kier alpha value is -3.72. The molecule has 2 aliphatic heterocycles. The number of anilines is 2. The van der Waals surface area contributed by atoms with Gasteiger partial charge in [0.1, 0.15) is 0 Å². The summed E-state index contributed by atoms with van der Waals surface area (Å²) in [6.45, 7) is 9.01. The SMILES string of the molecule is CC1(C)c2ccc(NC(=O)c3ccccc3)cc2S(=O)(=O)N1CCCN1CCN(c2cccc3ccccc23)CC1. The highest BCUT2D eigenvalue weighted by atomic mass is 32.2. The first-order valence-corrected chi connectivity index (χ1v) is 15.7. The summed E-state index contributed by atoms with van der Waals surface area (Å²) in [5.41, 5.74) is 2.38. The maximum Gasteiger partial charge on any atom is 0.255 e. The van der Waals surface area contributed by atoms with Crippen molar-refractivity contribution in [2.45, 2.75) is 30.7 Å². The maximum atomic E-state index is 13.7. The molecule has 212 valence electrons. The van der Waals surface area contributed by atoms with Crippen molar-refractivity contribution in [3.8, 4) is 0 Å². The van der Waals surface area contributed by atoms with Crippen LogP contribution in [0.15, 0.2) is 95.9 Å². The first-order valence-electron chi connectivity index (χ1n) is 14.2. The monoisotopic (exact) mass is 568 g/mol. The molecule has 4 aromatic carbocycles. The van der Waals surface area contributed by atoms with Crippen molar-refractivity contribution in [2.75, 3.05) is 49.5 Å². The molecule has 41 heavy (non-hydrogen) atoms. The van der Waals surface area contributed by atoms with Gasteiger partial charge in [-0.05, 0) is 68.1 Å². The van der Waals surface area contributed by atoms with Gasteiger partial charge in [-0.3, -0.25) is 9.69 Å². The van der Waals surface area contributed by atoms with Crippen LogP contribution in [0, 0.1) is 0 Å². The van der Waals surface area contributed by atoms with Crippen LogP contribution in [0.4, 0.5) is 11.4 Å². The highest BCUT2D eigenvalue weighted by molar-refractivity contribution is 7.89. The molecule has 0 radical (unpaired) electrons. The molecule has 0 bridgehead atoms. The number of carbonyl (C=O) groups is 1. The zero-order valence-electron chi connectivity index (χ0n) is 23.6. The number of nitrogens with zero attached hydrogens (tertiary/aromatic N) is 3. The van der Waals surface area contributed by atoms with E-state index in [0.717, 1.165) is 44.7 Å². The number of piperazine rings is 1. The fourth-order valence-electron chi connectivity index (χ4n) is 6.20. The zero-order valence-corrected chi connectivity index (χ0v) is 24.4. The van der Waals surface area contributed by atoms with Gasteiger partial charge in [-0.2, -0.15) is 4.31 Å². The summed E-state index contributed by atoms with van der Waals surface area (Å²) in [5.74, 6) is -0.266. The van der Waals surface area contributed by atoms with E-state index in [-0.39, 0.29) is 10.8 Å². The van der Waals surface area contributed by atoms with Gasteiger partial charge < -0.3 is 10.2 Å². The van der Waals surface area contributed by atoms with Gasteiger partial charge in [0, 0.05) is 55.0 Å². The predicted octanol–water partition coefficient (Wildman–Crippen LogP) is 5.54. The summed E-state index contributed by atoms with van der Waals surface area (Å²) in [6, 6.07) is 29.1. The first-order chi connectivity index (χ1) is 19.7. The smallest absolute Gasteiger partial charge is 0.255 e. The normalized spacial score (nSPS) is 18.3. The second-order valence-corrected chi connectivity index (χ2v) is 13.2. The van der Waals surface area contributed by atoms with Gasteiger partial charge in [-0.1, -0.05) is 60.7 Å². The lowest BCUT2D eigenvalue weighted by atomic mass is 9.94. The number of sulfonamides is 1. The first kappa shape index (κ1) is 27.4. The number of hydrogen-bond donors (Lipinski definition) is 1. The number of rotatable bonds is 7. The van der Waals surface area contributed by atoms with Crippen LogP contribution in [0.5, 0.6) is 0 Å². The van der Waals surface area contributed by atoms with Crippen LogP contribution in [0.1, 0.15) is 36.2 Å². The van der Waals surface area contributed by atoms with Crippen LogP contribution in [0.25, 0.3) is 10.8 Å². The van der Waals surface area contributed by atoms with Crippen LogP contribution in [-0.2, 0) is 15.6 Å². The fourth-order valence-corrected chi connectivity index (χ4v) is 8.38. The van der Waals surface area contributed by atoms with Gasteiger partial charge in [0.2, 0.25) is 10.0 Å². The van der Waals surface area contributed by atoms with E-state index in [1.54, 1.807) is 40.7 Å². The number of hydrogen-bond acceptors (Lipinski definition) is 5. The molecule has 2 heterocycles. The van der Waals surface area contributed by atoms with E-state index < -0.39 is 15.6 Å². The summed E-state index contributed by atoms with van der Waals surface area (Å²) in [5, 5.41) is 5.39. The van der Waals surface area contributed by atoms with Crippen LogP contribution < -0.4 is 10.2 Å². The molecule has 0 spiro atoms. The standard InChI is InChI=1S/C33H36N4O3S/c1-33(2)29-17-16-27(34-32(38)26-11-4-3-5-12-26)24-31(29)41(39,40)37(33)19-9-18-35-20-22-36(23-21-35)30-15-8-13-25-10-6-7-14-28(25)30/h3-8,10-17,24H,9,18-23H2,1-2H3,(H,34,38). The molecule has 1 N–H and O–H groups in total. The van der Waals surface area contributed by atoms with Crippen LogP contribution in [0.2, 0.25) is 0 Å². The molecule has 1 fully saturated rings. The summed E-state index contributed by atoms with van der Waals surface area (Å²) in [4.78, 5) is 17.8. The van der Waals surface area contributed by atoms with E-state index in [1.165, 1.54) is 16.5 Å². The minimum atomic E-state index is -3.69. The van der Waals surface area contributed by atoms with Crippen molar-refractivity contribution in [3.63, 3.8) is 0 Å². The van der Waals surface area contributed by atoms with Crippen LogP contribution in [-0.4, -0.2) is 62.8 Å². The molecule has 2 aliphatic rings. The fraction of sp³-hybridized carbons (Fsp3) is 0.303. The molecule has 0 unspecified atom stereocenters. The molecule has 7 nitrogen and oxygen atoms in total. The Morgan fingerprint density at radius 1 is 0.829 bits per heavy atom. The Morgan fingerprint density at radius 3 is 2.32 bits per heavy atom. The molecule has 0 aliphatic carbocycles. The van der Waals surface area contributed by atoms with Gasteiger partial charge in [0.15, 0.2) is 0 Å². The maximum absolute atomic E-state index is 13.7. The number of fused-ring (bicyclic) bond motifs is 2. The third-order valence-corrected chi connectivity index (χ3v) is 10.6. The van der Waals surface area contributed by atoms with Crippen molar-refractivity contribution in [1.82, 2.24) is 9.21 Å². The number of carbonyl (C=O) groups excluding carboxylic acids is 1. The molecule has 0 aromatic heterocycles. The molecular weight excluding hydrogens is 532 g/mol. The molecule has 1 amide bonds. The minimum Gasteiger partial charge on any atom is -0.368 e. The van der Waals surface area contributed by atoms with E-state index in [9.17, 15) is 13.2 Å². The van der Waals surface area contributed by atoms with Crippen molar-refractivity contribution in [2.24, 2.45) is 0 Å². The average molecular weight is 569 g/mol. The number of amides is 1. The molecule has 0 atom stereocenters. The van der Waals surface area contributed by atoms with E-state index in [2.05, 4.69) is 57.6 Å². The van der Waals surface area contributed by atoms with Crippen molar-refractivity contribution < 1.29 is 13.2 Å². The summed E-state index contributed by atoms with van der Waals surface area (Å²) in [7, 11) is -3.69. The molecule has 6 rings (SSSR count). The highest BCUT2D eigenvalue weighted by Crippen LogP contribution is 2.44. The van der Waals surface area contributed by atoms with E-state index in [4.69, 9.17) is 0 Å². The van der Waals surface area contributed by atoms with Gasteiger partial charge in [-0.25, -0.2) is 8.42 Å². The Kier molecular flexibility index (Phi) is 7.32. The van der Waals surface area contributed by atoms with Crippen molar-refractivity contribution in [1.29, 1.82) is 0 Å². The Balaban J connectivity index is 1.08. The second kappa shape index (κ2) is 10.9. The Labute approximate surface area is 242 Å². The average Bonchev–Trinajstić information content (AvgIpc) is 3.14. The summed E-state index contributed by atoms with van der Waals surface area (Å²) >= 11 is 0. The van der Waals surface area contributed by atoms with Crippen molar-refractivity contribution in [3.05, 3.63) is 102 Å². The van der Waals surface area contributed by atoms with E-state index in [0.29, 0.717) is 17.8 Å². The third kappa shape index (κ3) is 5.23. The Bertz CT molecular complexity index is 1670. The predicted molar refractivity (Wildman–Crippen MR) is 165 cm³/mol. The number of nitrogens with one attached hydrogen (secondary N) is 1. The molecule has 1 saturated heterocycles. The summed E-state index contributed by atoms with van der Waals surface area (Å²) < 4.78 is 29.0. The minimum absolute atomic E-state index is 0.266. The van der Waals surface area contributed by atoms with Crippen LogP contribution in [0.3, 0.4) is 0 Å². The van der Waals surface area contributed by atoms with Gasteiger partial charge in [-0.15, -0.1) is 0 Å². The summed E-state index contributed by atoms with van der Waals surface area (Å²) in [6.07, 6.45) is 0.752. The lowest BCUT2D eigenvalue weighted by Gasteiger charge is -2.37. The van der Waals surface area contributed by atoms with Crippen LogP contribution >= 0.6 is 0 Å². The van der Waals surface area contributed by atoms with E-state index in [1.807, 2.05) is 26.0 Å². The zero-order chi connectivity index (χ0) is 28.6. The molecule has 0 saturated carbocycles. The van der Waals surface area contributed by atoms with E-state index >= 15 is 0 Å². The molecule has 8 heteroatoms. The Morgan fingerprint density at radius 2 is 1.54 bits per heavy atom. The number of benzene rings is 4. The lowest BCUT2D eigenvalue weighted by Crippen LogP contribution is -2.47. The lowest BCUT2D eigenvalue weighted by molar-refractivity contribution is 0.102. The molecular formula is C33H36N4O3S. The highest BCUT2D eigenvalue weighted by Gasteiger charge is 2.47. The quantitative estimate of drug-likeness (QED) is 0.317. The van der Waals surface area contributed by atoms with Gasteiger partial charge in [0.05, 0.1) is 10.4 Å².